The van der Waals surface area contributed by atoms with Crippen molar-refractivity contribution in [2.45, 2.75) is 24.7 Å². The summed E-state index contributed by atoms with van der Waals surface area (Å²) in [4.78, 5) is 0. The molecule has 0 amide bonds. The lowest BCUT2D eigenvalue weighted by Crippen LogP contribution is -2.40. The Kier molecular flexibility index (Phi) is 2.34. The minimum atomic E-state index is -3.04. The van der Waals surface area contributed by atoms with E-state index in [2.05, 4.69) is 0 Å². The van der Waals surface area contributed by atoms with Gasteiger partial charge in [-0.15, -0.1) is 0 Å². The van der Waals surface area contributed by atoms with Crippen LogP contribution in [-0.2, 0) is 0 Å². The number of allylic oxidation sites excluding steroid dienone is 2. The molecule has 1 aliphatic carbocycles. The van der Waals surface area contributed by atoms with Gasteiger partial charge in [-0.05, 0) is 0 Å². The van der Waals surface area contributed by atoms with E-state index in [-0.39, 0.29) is 0 Å². The molecule has 0 fully saturated rings. The average molecular weight is 190 g/mol. The Morgan fingerprint density at radius 1 is 0.667 bits per heavy atom. The van der Waals surface area contributed by atoms with Crippen molar-refractivity contribution in [2.75, 3.05) is 0 Å². The Balaban J connectivity index is 3.00. The summed E-state index contributed by atoms with van der Waals surface area (Å²) in [5.41, 5.74) is 0. The highest BCUT2D eigenvalue weighted by molar-refractivity contribution is 5.19. The SMILES string of the molecule is FC1=C(F)C(F)C(F)C(F)C1F. The molecule has 1 rings (SSSR count). The fraction of sp³-hybridized carbons (Fsp3) is 0.667. The van der Waals surface area contributed by atoms with Crippen molar-refractivity contribution >= 4 is 0 Å². The van der Waals surface area contributed by atoms with E-state index in [9.17, 15) is 26.3 Å². The van der Waals surface area contributed by atoms with E-state index in [4.69, 9.17) is 0 Å². The van der Waals surface area contributed by atoms with Crippen LogP contribution in [0.2, 0.25) is 0 Å². The monoisotopic (exact) mass is 190 g/mol. The van der Waals surface area contributed by atoms with E-state index in [1.54, 1.807) is 0 Å². The van der Waals surface area contributed by atoms with Crippen LogP contribution in [0.25, 0.3) is 0 Å². The number of halogens is 6. The lowest BCUT2D eigenvalue weighted by atomic mass is 9.98. The zero-order valence-electron chi connectivity index (χ0n) is 5.58. The minimum Gasteiger partial charge on any atom is -0.240 e. The van der Waals surface area contributed by atoms with Gasteiger partial charge >= 0.3 is 0 Å². The summed E-state index contributed by atoms with van der Waals surface area (Å²) in [6.07, 6.45) is -12.0. The fourth-order valence-corrected chi connectivity index (χ4v) is 0.866. The molecule has 0 radical (unpaired) electrons. The third kappa shape index (κ3) is 1.19. The summed E-state index contributed by atoms with van der Waals surface area (Å²) in [6.45, 7) is 0. The molecular weight excluding hydrogens is 186 g/mol. The van der Waals surface area contributed by atoms with Crippen molar-refractivity contribution < 1.29 is 26.3 Å². The predicted molar refractivity (Wildman–Crippen MR) is 28.8 cm³/mol. The number of hydrogen-bond donors (Lipinski definition) is 0. The maximum atomic E-state index is 12.2. The zero-order valence-corrected chi connectivity index (χ0v) is 5.58. The third-order valence-corrected chi connectivity index (χ3v) is 1.58. The lowest BCUT2D eigenvalue weighted by molar-refractivity contribution is 0.0198. The topological polar surface area (TPSA) is 0 Å². The van der Waals surface area contributed by atoms with Gasteiger partial charge in [0.2, 0.25) is 0 Å². The van der Waals surface area contributed by atoms with Gasteiger partial charge in [0.25, 0.3) is 0 Å². The molecule has 0 heterocycles. The molecule has 0 aromatic heterocycles. The second-order valence-electron chi connectivity index (χ2n) is 2.39. The van der Waals surface area contributed by atoms with Crippen LogP contribution in [0.4, 0.5) is 26.3 Å². The summed E-state index contributed by atoms with van der Waals surface area (Å²) in [6, 6.07) is 0. The Bertz CT molecular complexity index is 190. The van der Waals surface area contributed by atoms with Gasteiger partial charge in [-0.2, -0.15) is 0 Å². The Morgan fingerprint density at radius 2 is 0.917 bits per heavy atom. The van der Waals surface area contributed by atoms with Crippen molar-refractivity contribution in [1.29, 1.82) is 0 Å². The maximum absolute atomic E-state index is 12.2. The first-order valence-corrected chi connectivity index (χ1v) is 3.08. The number of rotatable bonds is 0. The van der Waals surface area contributed by atoms with Crippen LogP contribution in [0.1, 0.15) is 0 Å². The first kappa shape index (κ1) is 9.41. The second-order valence-corrected chi connectivity index (χ2v) is 2.39. The highest BCUT2D eigenvalue weighted by atomic mass is 19.2. The van der Waals surface area contributed by atoms with Crippen LogP contribution in [0.5, 0.6) is 0 Å². The quantitative estimate of drug-likeness (QED) is 0.515. The van der Waals surface area contributed by atoms with E-state index < -0.39 is 36.3 Å². The summed E-state index contributed by atoms with van der Waals surface area (Å²) < 4.78 is 73.1. The fourth-order valence-electron chi connectivity index (χ4n) is 0.866. The normalized spacial score (nSPS) is 43.5. The maximum Gasteiger partial charge on any atom is 0.188 e. The van der Waals surface area contributed by atoms with Crippen molar-refractivity contribution in [2.24, 2.45) is 0 Å². The smallest absolute Gasteiger partial charge is 0.188 e. The number of hydrogen-bond acceptors (Lipinski definition) is 0. The molecule has 0 spiro atoms. The van der Waals surface area contributed by atoms with Crippen molar-refractivity contribution in [1.82, 2.24) is 0 Å². The van der Waals surface area contributed by atoms with Gasteiger partial charge in [0.05, 0.1) is 0 Å². The molecule has 0 N–H and O–H groups in total. The van der Waals surface area contributed by atoms with E-state index >= 15 is 0 Å². The van der Waals surface area contributed by atoms with E-state index in [0.29, 0.717) is 0 Å². The van der Waals surface area contributed by atoms with Crippen LogP contribution in [0.3, 0.4) is 0 Å². The van der Waals surface area contributed by atoms with Crippen LogP contribution in [0, 0.1) is 0 Å². The Hall–Kier alpha value is -0.680. The molecule has 6 heteroatoms. The molecule has 0 bridgehead atoms. The highest BCUT2D eigenvalue weighted by Crippen LogP contribution is 2.35. The van der Waals surface area contributed by atoms with Gasteiger partial charge in [0.15, 0.2) is 36.3 Å². The summed E-state index contributed by atoms with van der Waals surface area (Å²) in [5, 5.41) is 0. The van der Waals surface area contributed by atoms with Gasteiger partial charge in [-0.3, -0.25) is 0 Å². The Morgan fingerprint density at radius 3 is 1.17 bits per heavy atom. The van der Waals surface area contributed by atoms with Crippen LogP contribution in [-0.4, -0.2) is 24.7 Å². The molecule has 12 heavy (non-hydrogen) atoms. The summed E-state index contributed by atoms with van der Waals surface area (Å²) in [5.74, 6) is -4.38. The molecule has 0 nitrogen and oxygen atoms in total. The number of alkyl halides is 4. The summed E-state index contributed by atoms with van der Waals surface area (Å²) in [7, 11) is 0. The van der Waals surface area contributed by atoms with E-state index in [0.717, 1.165) is 0 Å². The molecule has 0 aromatic carbocycles. The van der Waals surface area contributed by atoms with Gasteiger partial charge in [-0.25, -0.2) is 26.3 Å². The van der Waals surface area contributed by atoms with Crippen molar-refractivity contribution in [3.63, 3.8) is 0 Å². The summed E-state index contributed by atoms with van der Waals surface area (Å²) >= 11 is 0. The standard InChI is InChI=1S/C6H4F6/c7-1-2(8)4(10)6(12)5(11)3(1)9/h1-4H. The third-order valence-electron chi connectivity index (χ3n) is 1.58. The lowest BCUT2D eigenvalue weighted by Gasteiger charge is -2.24. The van der Waals surface area contributed by atoms with Gasteiger partial charge in [0, 0.05) is 0 Å². The van der Waals surface area contributed by atoms with Gasteiger partial charge in [0.1, 0.15) is 0 Å². The van der Waals surface area contributed by atoms with Crippen LogP contribution in [0.15, 0.2) is 11.7 Å². The largest absolute Gasteiger partial charge is 0.240 e. The van der Waals surface area contributed by atoms with Gasteiger partial charge in [-0.1, -0.05) is 0 Å². The second kappa shape index (κ2) is 2.99. The van der Waals surface area contributed by atoms with Crippen molar-refractivity contribution in [3.05, 3.63) is 11.7 Å². The van der Waals surface area contributed by atoms with Gasteiger partial charge < -0.3 is 0 Å². The first-order chi connectivity index (χ1) is 5.46. The minimum absolute atomic E-state index is 2.19. The van der Waals surface area contributed by atoms with Crippen LogP contribution >= 0.6 is 0 Å². The van der Waals surface area contributed by atoms with E-state index in [1.807, 2.05) is 0 Å². The molecule has 0 aromatic rings. The molecule has 70 valence electrons. The molecule has 4 atom stereocenters. The van der Waals surface area contributed by atoms with Crippen molar-refractivity contribution in [3.8, 4) is 0 Å². The Labute approximate surface area is 63.9 Å². The molecule has 0 saturated carbocycles. The highest BCUT2D eigenvalue weighted by Gasteiger charge is 2.47. The van der Waals surface area contributed by atoms with E-state index in [1.165, 1.54) is 0 Å². The molecule has 1 aliphatic rings. The average Bonchev–Trinajstić information content (AvgIpc) is 2.08. The molecule has 0 saturated heterocycles. The van der Waals surface area contributed by atoms with Crippen LogP contribution < -0.4 is 0 Å². The zero-order chi connectivity index (χ0) is 9.46. The molecular formula is C6H4F6. The molecule has 4 unspecified atom stereocenters. The predicted octanol–water partition coefficient (Wildman–Crippen LogP) is 2.50. The first-order valence-electron chi connectivity index (χ1n) is 3.08. The molecule has 0 aliphatic heterocycles.